The Morgan fingerprint density at radius 2 is 2.00 bits per heavy atom. The lowest BCUT2D eigenvalue weighted by Crippen LogP contribution is -2.38. The maximum Gasteiger partial charge on any atom is 0.150 e. The smallest absolute Gasteiger partial charge is 0.150 e. The molecule has 2 aromatic heterocycles. The molecule has 0 spiro atoms. The second-order valence-corrected chi connectivity index (χ2v) is 7.97. The first-order valence-electron chi connectivity index (χ1n) is 10.9. The minimum Gasteiger partial charge on any atom is -0.379 e. The number of ether oxygens (including phenoxy) is 2. The van der Waals surface area contributed by atoms with Crippen LogP contribution >= 0.6 is 0 Å². The number of morpholine rings is 1. The second kappa shape index (κ2) is 10.8. The van der Waals surface area contributed by atoms with Crippen molar-refractivity contribution in [3.63, 3.8) is 0 Å². The molecule has 0 radical (unpaired) electrons. The molecule has 158 valence electrons. The molecule has 7 nitrogen and oxygen atoms in total. The Bertz CT molecular complexity index is 711. The first-order valence-corrected chi connectivity index (χ1v) is 10.9. The van der Waals surface area contributed by atoms with Gasteiger partial charge in [0.1, 0.15) is 0 Å². The van der Waals surface area contributed by atoms with E-state index in [4.69, 9.17) is 9.47 Å². The maximum absolute atomic E-state index is 5.98. The maximum atomic E-state index is 5.98. The number of rotatable bonds is 9. The highest BCUT2D eigenvalue weighted by Gasteiger charge is 2.20. The summed E-state index contributed by atoms with van der Waals surface area (Å²) in [5.41, 5.74) is 2.48. The standard InChI is InChI=1S/C22H33N5O2/c1-2-14-29-22(6-1)27-21(7-9-24-27)19-26(18-20-5-3-8-23-17-20)11-4-10-25-12-15-28-16-13-25/h3,5,7-9,17,22H,1-2,4,6,10-16,18-19H2/t22-/m1/s1. The van der Waals surface area contributed by atoms with Gasteiger partial charge < -0.3 is 9.47 Å². The van der Waals surface area contributed by atoms with E-state index in [0.717, 1.165) is 78.4 Å². The summed E-state index contributed by atoms with van der Waals surface area (Å²) in [6.45, 7) is 8.60. The molecule has 4 rings (SSSR count). The molecule has 1 atom stereocenters. The SMILES string of the molecule is c1cncc(CN(CCCN2CCOCC2)Cc2ccnn2[C@H]2CCCCO2)c1. The highest BCUT2D eigenvalue weighted by Crippen LogP contribution is 2.24. The van der Waals surface area contributed by atoms with Gasteiger partial charge in [-0.05, 0) is 49.9 Å². The Balaban J connectivity index is 1.38. The van der Waals surface area contributed by atoms with Crippen LogP contribution in [-0.4, -0.2) is 70.6 Å². The minimum atomic E-state index is 0.0855. The summed E-state index contributed by atoms with van der Waals surface area (Å²) in [6, 6.07) is 6.31. The van der Waals surface area contributed by atoms with E-state index in [2.05, 4.69) is 36.7 Å². The average Bonchev–Trinajstić information content (AvgIpc) is 3.24. The number of hydrogen-bond donors (Lipinski definition) is 0. The van der Waals surface area contributed by atoms with Crippen LogP contribution in [0.2, 0.25) is 0 Å². The Morgan fingerprint density at radius 3 is 2.79 bits per heavy atom. The quantitative estimate of drug-likeness (QED) is 0.646. The summed E-state index contributed by atoms with van der Waals surface area (Å²) in [7, 11) is 0. The summed E-state index contributed by atoms with van der Waals surface area (Å²) in [5.74, 6) is 0. The molecule has 4 heterocycles. The molecule has 2 aromatic rings. The second-order valence-electron chi connectivity index (χ2n) is 7.97. The predicted octanol–water partition coefficient (Wildman–Crippen LogP) is 2.70. The molecule has 0 N–H and O–H groups in total. The molecule has 0 saturated carbocycles. The Kier molecular flexibility index (Phi) is 7.64. The van der Waals surface area contributed by atoms with Gasteiger partial charge in [0.25, 0.3) is 0 Å². The normalized spacial score (nSPS) is 20.9. The highest BCUT2D eigenvalue weighted by atomic mass is 16.5. The van der Waals surface area contributed by atoms with Crippen LogP contribution in [0.1, 0.15) is 43.2 Å². The van der Waals surface area contributed by atoms with Crippen LogP contribution in [0.15, 0.2) is 36.8 Å². The summed E-state index contributed by atoms with van der Waals surface area (Å²) >= 11 is 0. The molecule has 29 heavy (non-hydrogen) atoms. The number of nitrogens with zero attached hydrogens (tertiary/aromatic N) is 5. The van der Waals surface area contributed by atoms with Gasteiger partial charge in [0.05, 0.1) is 18.9 Å². The Morgan fingerprint density at radius 1 is 1.07 bits per heavy atom. The molecule has 0 aromatic carbocycles. The monoisotopic (exact) mass is 399 g/mol. The molecule has 2 aliphatic heterocycles. The molecular formula is C22H33N5O2. The molecule has 0 unspecified atom stereocenters. The van der Waals surface area contributed by atoms with Crippen molar-refractivity contribution in [2.24, 2.45) is 0 Å². The fourth-order valence-electron chi connectivity index (χ4n) is 4.18. The summed E-state index contributed by atoms with van der Waals surface area (Å²) < 4.78 is 13.5. The van der Waals surface area contributed by atoms with Crippen molar-refractivity contribution < 1.29 is 9.47 Å². The fourth-order valence-corrected chi connectivity index (χ4v) is 4.18. The molecular weight excluding hydrogens is 366 g/mol. The van der Waals surface area contributed by atoms with Crippen molar-refractivity contribution in [3.8, 4) is 0 Å². The zero-order valence-corrected chi connectivity index (χ0v) is 17.3. The van der Waals surface area contributed by atoms with Gasteiger partial charge in [-0.1, -0.05) is 6.07 Å². The largest absolute Gasteiger partial charge is 0.379 e. The molecule has 0 aliphatic carbocycles. The Hall–Kier alpha value is -1.80. The zero-order chi connectivity index (χ0) is 19.7. The predicted molar refractivity (Wildman–Crippen MR) is 111 cm³/mol. The highest BCUT2D eigenvalue weighted by molar-refractivity contribution is 5.09. The van der Waals surface area contributed by atoms with Crippen molar-refractivity contribution in [1.29, 1.82) is 0 Å². The lowest BCUT2D eigenvalue weighted by atomic mass is 10.2. The van der Waals surface area contributed by atoms with E-state index in [0.29, 0.717) is 0 Å². The van der Waals surface area contributed by atoms with E-state index >= 15 is 0 Å². The van der Waals surface area contributed by atoms with Gasteiger partial charge in [0, 0.05) is 57.9 Å². The van der Waals surface area contributed by atoms with Crippen molar-refractivity contribution in [3.05, 3.63) is 48.0 Å². The summed E-state index contributed by atoms with van der Waals surface area (Å²) in [5, 5.41) is 4.58. The van der Waals surface area contributed by atoms with E-state index < -0.39 is 0 Å². The van der Waals surface area contributed by atoms with Crippen LogP contribution in [0, 0.1) is 0 Å². The topological polar surface area (TPSA) is 55.7 Å². The first-order chi connectivity index (χ1) is 14.4. The number of aromatic nitrogens is 3. The molecule has 7 heteroatoms. The molecule has 2 saturated heterocycles. The van der Waals surface area contributed by atoms with Gasteiger partial charge in [0.2, 0.25) is 0 Å². The van der Waals surface area contributed by atoms with Gasteiger partial charge in [-0.15, -0.1) is 0 Å². The molecule has 2 fully saturated rings. The van der Waals surface area contributed by atoms with Crippen molar-refractivity contribution >= 4 is 0 Å². The van der Waals surface area contributed by atoms with Crippen molar-refractivity contribution in [2.45, 2.75) is 45.0 Å². The lowest BCUT2D eigenvalue weighted by molar-refractivity contribution is -0.0421. The van der Waals surface area contributed by atoms with E-state index in [1.165, 1.54) is 17.7 Å². The van der Waals surface area contributed by atoms with Gasteiger partial charge in [-0.25, -0.2) is 4.68 Å². The van der Waals surface area contributed by atoms with Crippen LogP contribution in [0.5, 0.6) is 0 Å². The van der Waals surface area contributed by atoms with Crippen molar-refractivity contribution in [2.75, 3.05) is 46.0 Å². The van der Waals surface area contributed by atoms with Crippen LogP contribution in [0.25, 0.3) is 0 Å². The van der Waals surface area contributed by atoms with E-state index in [-0.39, 0.29) is 6.23 Å². The van der Waals surface area contributed by atoms with Gasteiger partial charge >= 0.3 is 0 Å². The van der Waals surface area contributed by atoms with Crippen LogP contribution in [-0.2, 0) is 22.6 Å². The van der Waals surface area contributed by atoms with Crippen LogP contribution in [0.4, 0.5) is 0 Å². The zero-order valence-electron chi connectivity index (χ0n) is 17.3. The summed E-state index contributed by atoms with van der Waals surface area (Å²) in [6.07, 6.45) is 10.4. The van der Waals surface area contributed by atoms with Gasteiger partial charge in [-0.3, -0.25) is 14.8 Å². The molecule has 0 amide bonds. The van der Waals surface area contributed by atoms with E-state index in [1.807, 2.05) is 24.7 Å². The van der Waals surface area contributed by atoms with Gasteiger partial charge in [-0.2, -0.15) is 5.10 Å². The number of pyridine rings is 1. The van der Waals surface area contributed by atoms with E-state index in [9.17, 15) is 0 Å². The fraction of sp³-hybridized carbons (Fsp3) is 0.636. The molecule has 2 aliphatic rings. The van der Waals surface area contributed by atoms with Gasteiger partial charge in [0.15, 0.2) is 6.23 Å². The van der Waals surface area contributed by atoms with Crippen molar-refractivity contribution in [1.82, 2.24) is 24.6 Å². The Labute approximate surface area is 173 Å². The third-order valence-corrected chi connectivity index (χ3v) is 5.75. The summed E-state index contributed by atoms with van der Waals surface area (Å²) in [4.78, 5) is 9.31. The lowest BCUT2D eigenvalue weighted by Gasteiger charge is -2.29. The average molecular weight is 400 g/mol. The van der Waals surface area contributed by atoms with E-state index in [1.54, 1.807) is 0 Å². The van der Waals surface area contributed by atoms with Crippen LogP contribution < -0.4 is 0 Å². The molecule has 0 bridgehead atoms. The first kappa shape index (κ1) is 20.5. The van der Waals surface area contributed by atoms with Crippen LogP contribution in [0.3, 0.4) is 0 Å². The third kappa shape index (κ3) is 6.09. The third-order valence-electron chi connectivity index (χ3n) is 5.75. The number of hydrogen-bond acceptors (Lipinski definition) is 6. The minimum absolute atomic E-state index is 0.0855.